The van der Waals surface area contributed by atoms with Gasteiger partial charge >= 0.3 is 5.97 Å². The number of nitrogens with one attached hydrogen (secondary N) is 1. The van der Waals surface area contributed by atoms with E-state index in [2.05, 4.69) is 17.4 Å². The van der Waals surface area contributed by atoms with E-state index < -0.39 is 0 Å². The normalized spacial score (nSPS) is 34.6. The van der Waals surface area contributed by atoms with Crippen LogP contribution in [0.15, 0.2) is 24.3 Å². The van der Waals surface area contributed by atoms with Gasteiger partial charge < -0.3 is 10.1 Å². The maximum Gasteiger partial charge on any atom is 0.338 e. The third kappa shape index (κ3) is 3.03. The molecule has 0 spiro atoms. The molecule has 4 aliphatic carbocycles. The Kier molecular flexibility index (Phi) is 4.14. The minimum Gasteiger partial charge on any atom is -0.462 e. The first-order valence-corrected chi connectivity index (χ1v) is 9.22. The van der Waals surface area contributed by atoms with Crippen LogP contribution in [0.3, 0.4) is 0 Å². The van der Waals surface area contributed by atoms with E-state index in [1.54, 1.807) is 0 Å². The van der Waals surface area contributed by atoms with Crippen LogP contribution in [0.4, 0.5) is 0 Å². The van der Waals surface area contributed by atoms with Gasteiger partial charge in [-0.15, -0.1) is 0 Å². The second kappa shape index (κ2) is 6.27. The summed E-state index contributed by atoms with van der Waals surface area (Å²) in [6.07, 6.45) is 7.31. The molecule has 124 valence electrons. The zero-order valence-electron chi connectivity index (χ0n) is 14.0. The summed E-state index contributed by atoms with van der Waals surface area (Å²) in [4.78, 5) is 11.7. The van der Waals surface area contributed by atoms with Crippen molar-refractivity contribution in [2.45, 2.75) is 51.6 Å². The van der Waals surface area contributed by atoms with Crippen LogP contribution < -0.4 is 5.32 Å². The first kappa shape index (κ1) is 15.2. The highest BCUT2D eigenvalue weighted by Gasteiger charge is 2.47. The molecule has 0 saturated heterocycles. The molecule has 4 aliphatic rings. The van der Waals surface area contributed by atoms with E-state index in [1.165, 1.54) is 37.7 Å². The van der Waals surface area contributed by atoms with Crippen molar-refractivity contribution in [3.63, 3.8) is 0 Å². The maximum atomic E-state index is 11.7. The molecular formula is C20H27NO2. The van der Waals surface area contributed by atoms with Crippen LogP contribution in [0.5, 0.6) is 0 Å². The van der Waals surface area contributed by atoms with E-state index in [-0.39, 0.29) is 5.97 Å². The molecule has 0 radical (unpaired) electrons. The van der Waals surface area contributed by atoms with Crippen LogP contribution in [0.2, 0.25) is 0 Å². The van der Waals surface area contributed by atoms with Crippen LogP contribution in [0, 0.1) is 23.7 Å². The van der Waals surface area contributed by atoms with Gasteiger partial charge in [-0.05, 0) is 80.4 Å². The van der Waals surface area contributed by atoms with E-state index in [4.69, 9.17) is 4.74 Å². The number of hydrogen-bond donors (Lipinski definition) is 1. The van der Waals surface area contributed by atoms with Crippen molar-refractivity contribution in [2.75, 3.05) is 6.61 Å². The topological polar surface area (TPSA) is 38.3 Å². The molecule has 0 aliphatic heterocycles. The van der Waals surface area contributed by atoms with Crippen molar-refractivity contribution in [3.8, 4) is 0 Å². The van der Waals surface area contributed by atoms with E-state index in [9.17, 15) is 4.79 Å². The zero-order valence-corrected chi connectivity index (χ0v) is 14.0. The molecule has 1 aromatic rings. The first-order chi connectivity index (χ1) is 11.2. The number of carbonyl (C=O) groups is 1. The summed E-state index contributed by atoms with van der Waals surface area (Å²) in [5.41, 5.74) is 1.90. The summed E-state index contributed by atoms with van der Waals surface area (Å²) in [7, 11) is 0. The Morgan fingerprint density at radius 3 is 2.22 bits per heavy atom. The molecule has 0 atom stereocenters. The van der Waals surface area contributed by atoms with Crippen LogP contribution in [-0.4, -0.2) is 18.6 Å². The Hall–Kier alpha value is -1.35. The Bertz CT molecular complexity index is 538. The summed E-state index contributed by atoms with van der Waals surface area (Å²) in [5, 5.41) is 3.84. The molecule has 3 nitrogen and oxygen atoms in total. The standard InChI is InChI=1S/C20H27NO2/c1-2-23-20(22)16-5-3-13(4-6-16)12-21-19-17-8-14-7-15(10-17)11-18(19)9-14/h3-6,14-15,17-19,21H,2,7-12H2,1H3. The van der Waals surface area contributed by atoms with E-state index in [1.807, 2.05) is 19.1 Å². The average molecular weight is 313 g/mol. The Morgan fingerprint density at radius 2 is 1.65 bits per heavy atom. The smallest absolute Gasteiger partial charge is 0.338 e. The number of hydrogen-bond acceptors (Lipinski definition) is 3. The summed E-state index contributed by atoms with van der Waals surface area (Å²) < 4.78 is 5.03. The van der Waals surface area contributed by atoms with Crippen molar-refractivity contribution in [1.82, 2.24) is 5.32 Å². The van der Waals surface area contributed by atoms with Crippen LogP contribution >= 0.6 is 0 Å². The summed E-state index contributed by atoms with van der Waals surface area (Å²) in [6, 6.07) is 8.58. The zero-order chi connectivity index (χ0) is 15.8. The first-order valence-electron chi connectivity index (χ1n) is 9.22. The van der Waals surface area contributed by atoms with Crippen molar-refractivity contribution >= 4 is 5.97 Å². The lowest BCUT2D eigenvalue weighted by Crippen LogP contribution is -2.54. The van der Waals surface area contributed by atoms with Crippen molar-refractivity contribution in [1.29, 1.82) is 0 Å². The van der Waals surface area contributed by atoms with Gasteiger partial charge in [-0.25, -0.2) is 4.79 Å². The van der Waals surface area contributed by atoms with Gasteiger partial charge in [-0.3, -0.25) is 0 Å². The fourth-order valence-corrected chi connectivity index (χ4v) is 5.47. The van der Waals surface area contributed by atoms with Crippen LogP contribution in [-0.2, 0) is 11.3 Å². The van der Waals surface area contributed by atoms with Gasteiger partial charge in [0.15, 0.2) is 0 Å². The van der Waals surface area contributed by atoms with Gasteiger partial charge in [-0.2, -0.15) is 0 Å². The molecule has 0 heterocycles. The molecule has 23 heavy (non-hydrogen) atoms. The second-order valence-electron chi connectivity index (χ2n) is 7.75. The van der Waals surface area contributed by atoms with Gasteiger partial charge in [0.2, 0.25) is 0 Å². The fraction of sp³-hybridized carbons (Fsp3) is 0.650. The summed E-state index contributed by atoms with van der Waals surface area (Å²) >= 11 is 0. The van der Waals surface area contributed by atoms with E-state index in [0.717, 1.165) is 30.2 Å². The third-order valence-corrected chi connectivity index (χ3v) is 6.23. The second-order valence-corrected chi connectivity index (χ2v) is 7.75. The number of rotatable bonds is 5. The summed E-state index contributed by atoms with van der Waals surface area (Å²) in [6.45, 7) is 3.17. The molecular weight excluding hydrogens is 286 g/mol. The van der Waals surface area contributed by atoms with Gasteiger partial charge in [0.1, 0.15) is 0 Å². The Morgan fingerprint density at radius 1 is 1.04 bits per heavy atom. The lowest BCUT2D eigenvalue weighted by molar-refractivity contribution is -0.0142. The largest absolute Gasteiger partial charge is 0.462 e. The number of carbonyl (C=O) groups excluding carboxylic acids is 1. The fourth-order valence-electron chi connectivity index (χ4n) is 5.47. The molecule has 4 bridgehead atoms. The lowest BCUT2D eigenvalue weighted by atomic mass is 9.54. The molecule has 1 N–H and O–H groups in total. The van der Waals surface area contributed by atoms with E-state index in [0.29, 0.717) is 18.2 Å². The van der Waals surface area contributed by atoms with Gasteiger partial charge in [0.05, 0.1) is 12.2 Å². The van der Waals surface area contributed by atoms with Crippen LogP contribution in [0.1, 0.15) is 54.9 Å². The number of ether oxygens (including phenoxy) is 1. The molecule has 4 fully saturated rings. The van der Waals surface area contributed by atoms with Crippen molar-refractivity contribution in [3.05, 3.63) is 35.4 Å². The molecule has 3 heteroatoms. The Balaban J connectivity index is 1.35. The third-order valence-electron chi connectivity index (χ3n) is 6.23. The molecule has 0 unspecified atom stereocenters. The van der Waals surface area contributed by atoms with Gasteiger partial charge in [0, 0.05) is 12.6 Å². The summed E-state index contributed by atoms with van der Waals surface area (Å²) in [5.74, 6) is 3.64. The Labute approximate surface area is 138 Å². The molecule has 0 aromatic heterocycles. The predicted octanol–water partition coefficient (Wildman–Crippen LogP) is 3.78. The minimum atomic E-state index is -0.229. The number of esters is 1. The minimum absolute atomic E-state index is 0.229. The van der Waals surface area contributed by atoms with Gasteiger partial charge in [-0.1, -0.05) is 12.1 Å². The monoisotopic (exact) mass is 313 g/mol. The predicted molar refractivity (Wildman–Crippen MR) is 90.1 cm³/mol. The van der Waals surface area contributed by atoms with Gasteiger partial charge in [0.25, 0.3) is 0 Å². The maximum absolute atomic E-state index is 11.7. The molecule has 4 saturated carbocycles. The van der Waals surface area contributed by atoms with Crippen molar-refractivity contribution < 1.29 is 9.53 Å². The number of benzene rings is 1. The van der Waals surface area contributed by atoms with E-state index >= 15 is 0 Å². The SMILES string of the molecule is CCOC(=O)c1ccc(CNC2C3CC4CC(C3)CC2C4)cc1. The average Bonchev–Trinajstić information content (AvgIpc) is 2.54. The molecule has 0 amide bonds. The van der Waals surface area contributed by atoms with Crippen molar-refractivity contribution in [2.24, 2.45) is 23.7 Å². The highest BCUT2D eigenvalue weighted by atomic mass is 16.5. The molecule has 5 rings (SSSR count). The molecule has 1 aromatic carbocycles. The van der Waals surface area contributed by atoms with Crippen LogP contribution in [0.25, 0.3) is 0 Å². The highest BCUT2D eigenvalue weighted by molar-refractivity contribution is 5.89. The quantitative estimate of drug-likeness (QED) is 0.841. The highest BCUT2D eigenvalue weighted by Crippen LogP contribution is 2.53. The lowest BCUT2D eigenvalue weighted by Gasteiger charge is -2.54.